The second-order valence-corrected chi connectivity index (χ2v) is 5.43. The second kappa shape index (κ2) is 7.04. The van der Waals surface area contributed by atoms with Crippen LogP contribution in [-0.4, -0.2) is 27.3 Å². The number of aryl methyl sites for hydroxylation is 2. The van der Waals surface area contributed by atoms with Gasteiger partial charge in [-0.1, -0.05) is 0 Å². The van der Waals surface area contributed by atoms with Crippen LogP contribution in [-0.2, 0) is 20.1 Å². The molecule has 20 heavy (non-hydrogen) atoms. The SMILES string of the molecule is CCNC(=NCc1nncn1C)NCc1sccc1C. The van der Waals surface area contributed by atoms with Crippen LogP contribution in [0.25, 0.3) is 0 Å². The number of hydrogen-bond acceptors (Lipinski definition) is 4. The van der Waals surface area contributed by atoms with E-state index >= 15 is 0 Å². The zero-order chi connectivity index (χ0) is 14.4. The van der Waals surface area contributed by atoms with Crippen LogP contribution in [0.5, 0.6) is 0 Å². The first-order valence-corrected chi connectivity index (χ1v) is 7.46. The van der Waals surface area contributed by atoms with Crippen molar-refractivity contribution in [3.63, 3.8) is 0 Å². The number of nitrogens with zero attached hydrogens (tertiary/aromatic N) is 4. The first-order chi connectivity index (χ1) is 9.70. The van der Waals surface area contributed by atoms with Crippen LogP contribution in [0.2, 0.25) is 0 Å². The minimum atomic E-state index is 0.509. The molecule has 2 rings (SSSR count). The summed E-state index contributed by atoms with van der Waals surface area (Å²) in [5.41, 5.74) is 1.31. The minimum Gasteiger partial charge on any atom is -0.357 e. The topological polar surface area (TPSA) is 67.1 Å². The summed E-state index contributed by atoms with van der Waals surface area (Å²) in [6.45, 7) is 6.30. The average molecular weight is 292 g/mol. The standard InChI is InChI=1S/C13H20N6S/c1-4-14-13(15-7-11-10(2)5-6-20-11)16-8-12-18-17-9-19(12)3/h5-6,9H,4,7-8H2,1-3H3,(H2,14,15,16). The highest BCUT2D eigenvalue weighted by Crippen LogP contribution is 2.14. The first-order valence-electron chi connectivity index (χ1n) is 6.58. The van der Waals surface area contributed by atoms with Gasteiger partial charge in [0.05, 0.1) is 6.54 Å². The Morgan fingerprint density at radius 2 is 2.30 bits per heavy atom. The monoisotopic (exact) mass is 292 g/mol. The molecule has 0 radical (unpaired) electrons. The predicted octanol–water partition coefficient (Wildman–Crippen LogP) is 1.44. The third-order valence-electron chi connectivity index (χ3n) is 2.91. The second-order valence-electron chi connectivity index (χ2n) is 4.43. The van der Waals surface area contributed by atoms with Gasteiger partial charge in [0.1, 0.15) is 12.9 Å². The van der Waals surface area contributed by atoms with Gasteiger partial charge in [0, 0.05) is 18.5 Å². The van der Waals surface area contributed by atoms with E-state index in [2.05, 4.69) is 51.1 Å². The molecular formula is C13H20N6S. The molecule has 108 valence electrons. The number of nitrogens with one attached hydrogen (secondary N) is 2. The van der Waals surface area contributed by atoms with Crippen molar-refractivity contribution >= 4 is 17.3 Å². The van der Waals surface area contributed by atoms with E-state index in [9.17, 15) is 0 Å². The normalized spacial score (nSPS) is 11.7. The van der Waals surface area contributed by atoms with Crippen LogP contribution in [0.4, 0.5) is 0 Å². The van der Waals surface area contributed by atoms with Crippen molar-refractivity contribution < 1.29 is 0 Å². The smallest absolute Gasteiger partial charge is 0.191 e. The molecule has 2 aromatic heterocycles. The Bertz CT molecular complexity index is 571. The molecule has 0 aliphatic heterocycles. The lowest BCUT2D eigenvalue weighted by atomic mass is 10.3. The third-order valence-corrected chi connectivity index (χ3v) is 3.94. The molecule has 0 saturated heterocycles. The van der Waals surface area contributed by atoms with Crippen molar-refractivity contribution in [1.29, 1.82) is 0 Å². The minimum absolute atomic E-state index is 0.509. The maximum atomic E-state index is 4.52. The number of aliphatic imine (C=N–C) groups is 1. The largest absolute Gasteiger partial charge is 0.357 e. The van der Waals surface area contributed by atoms with Gasteiger partial charge in [-0.25, -0.2) is 4.99 Å². The first kappa shape index (κ1) is 14.5. The molecule has 0 aliphatic carbocycles. The summed E-state index contributed by atoms with van der Waals surface area (Å²) in [6, 6.07) is 2.13. The number of guanidine groups is 1. The van der Waals surface area contributed by atoms with E-state index in [1.165, 1.54) is 10.4 Å². The van der Waals surface area contributed by atoms with Gasteiger partial charge in [0.15, 0.2) is 11.8 Å². The van der Waals surface area contributed by atoms with Gasteiger partial charge in [-0.05, 0) is 30.9 Å². The lowest BCUT2D eigenvalue weighted by Crippen LogP contribution is -2.36. The maximum absolute atomic E-state index is 4.52. The van der Waals surface area contributed by atoms with E-state index in [4.69, 9.17) is 0 Å². The Morgan fingerprint density at radius 1 is 1.45 bits per heavy atom. The van der Waals surface area contributed by atoms with Crippen LogP contribution in [0.1, 0.15) is 23.2 Å². The van der Waals surface area contributed by atoms with Crippen molar-refractivity contribution in [3.8, 4) is 0 Å². The quantitative estimate of drug-likeness (QED) is 0.646. The number of hydrogen-bond donors (Lipinski definition) is 2. The van der Waals surface area contributed by atoms with Crippen molar-refractivity contribution in [1.82, 2.24) is 25.4 Å². The van der Waals surface area contributed by atoms with Crippen molar-refractivity contribution in [2.75, 3.05) is 6.54 Å². The summed E-state index contributed by atoms with van der Waals surface area (Å²) in [5, 5.41) is 16.6. The maximum Gasteiger partial charge on any atom is 0.191 e. The Kier molecular flexibility index (Phi) is 5.11. The number of thiophene rings is 1. The van der Waals surface area contributed by atoms with Crippen molar-refractivity contribution in [2.24, 2.45) is 12.0 Å². The molecule has 0 fully saturated rings. The summed E-state index contributed by atoms with van der Waals surface area (Å²) in [5.74, 6) is 1.64. The van der Waals surface area contributed by atoms with Crippen LogP contribution >= 0.6 is 11.3 Å². The number of aromatic nitrogens is 3. The van der Waals surface area contributed by atoms with Gasteiger partial charge in [-0.2, -0.15) is 0 Å². The van der Waals surface area contributed by atoms with Gasteiger partial charge in [0.2, 0.25) is 0 Å². The van der Waals surface area contributed by atoms with Crippen LogP contribution in [0.3, 0.4) is 0 Å². The highest BCUT2D eigenvalue weighted by atomic mass is 32.1. The molecule has 0 saturated carbocycles. The molecule has 0 unspecified atom stereocenters. The van der Waals surface area contributed by atoms with Gasteiger partial charge in [-0.15, -0.1) is 21.5 Å². The molecule has 2 heterocycles. The summed E-state index contributed by atoms with van der Waals surface area (Å²) in [4.78, 5) is 5.85. The molecule has 2 N–H and O–H groups in total. The molecular weight excluding hydrogens is 272 g/mol. The number of rotatable bonds is 5. The molecule has 0 spiro atoms. The molecule has 6 nitrogen and oxygen atoms in total. The highest BCUT2D eigenvalue weighted by molar-refractivity contribution is 7.10. The molecule has 0 aromatic carbocycles. The summed E-state index contributed by atoms with van der Waals surface area (Å²) in [7, 11) is 1.92. The van der Waals surface area contributed by atoms with Crippen LogP contribution in [0.15, 0.2) is 22.8 Å². The van der Waals surface area contributed by atoms with E-state index in [0.717, 1.165) is 24.9 Å². The molecule has 0 atom stereocenters. The third kappa shape index (κ3) is 3.80. The average Bonchev–Trinajstić information content (AvgIpc) is 3.02. The van der Waals surface area contributed by atoms with Crippen molar-refractivity contribution in [3.05, 3.63) is 34.0 Å². The Labute approximate surface area is 123 Å². The zero-order valence-corrected chi connectivity index (χ0v) is 12.9. The zero-order valence-electron chi connectivity index (χ0n) is 12.1. The summed E-state index contributed by atoms with van der Waals surface area (Å²) >= 11 is 1.76. The van der Waals surface area contributed by atoms with Gasteiger partial charge in [0.25, 0.3) is 0 Å². The lowest BCUT2D eigenvalue weighted by Gasteiger charge is -2.10. The van der Waals surface area contributed by atoms with E-state index < -0.39 is 0 Å². The molecule has 0 amide bonds. The molecule has 2 aromatic rings. The fraction of sp³-hybridized carbons (Fsp3) is 0.462. The molecule has 0 aliphatic rings. The highest BCUT2D eigenvalue weighted by Gasteiger charge is 2.03. The van der Waals surface area contributed by atoms with Crippen molar-refractivity contribution in [2.45, 2.75) is 26.9 Å². The Balaban J connectivity index is 1.96. The fourth-order valence-corrected chi connectivity index (χ4v) is 2.54. The Hall–Kier alpha value is -1.89. The van der Waals surface area contributed by atoms with E-state index in [-0.39, 0.29) is 0 Å². The van der Waals surface area contributed by atoms with Gasteiger partial charge < -0.3 is 15.2 Å². The van der Waals surface area contributed by atoms with Gasteiger partial charge in [-0.3, -0.25) is 0 Å². The van der Waals surface area contributed by atoms with E-state index in [1.54, 1.807) is 17.7 Å². The Morgan fingerprint density at radius 3 is 2.90 bits per heavy atom. The molecule has 7 heteroatoms. The fourth-order valence-electron chi connectivity index (χ4n) is 1.69. The summed E-state index contributed by atoms with van der Waals surface area (Å²) in [6.07, 6.45) is 1.68. The van der Waals surface area contributed by atoms with E-state index in [0.29, 0.717) is 6.54 Å². The summed E-state index contributed by atoms with van der Waals surface area (Å²) < 4.78 is 1.87. The van der Waals surface area contributed by atoms with Gasteiger partial charge >= 0.3 is 0 Å². The predicted molar refractivity (Wildman–Crippen MR) is 81.7 cm³/mol. The molecule has 0 bridgehead atoms. The van der Waals surface area contributed by atoms with E-state index in [1.807, 2.05) is 11.6 Å². The van der Waals surface area contributed by atoms with Crippen LogP contribution < -0.4 is 10.6 Å². The lowest BCUT2D eigenvalue weighted by molar-refractivity contribution is 0.768. The van der Waals surface area contributed by atoms with Crippen LogP contribution in [0, 0.1) is 6.92 Å².